The molecule has 0 amide bonds. The van der Waals surface area contributed by atoms with Crippen LogP contribution in [-0.2, 0) is 6.42 Å². The van der Waals surface area contributed by atoms with Crippen molar-refractivity contribution in [2.45, 2.75) is 12.5 Å². The highest BCUT2D eigenvalue weighted by atomic mass is 79.9. The number of hydrogen-bond acceptors (Lipinski definition) is 2. The van der Waals surface area contributed by atoms with E-state index >= 15 is 0 Å². The Morgan fingerprint density at radius 3 is 2.67 bits per heavy atom. The van der Waals surface area contributed by atoms with E-state index in [4.69, 9.17) is 23.2 Å². The van der Waals surface area contributed by atoms with Crippen LogP contribution < -0.4 is 5.32 Å². The van der Waals surface area contributed by atoms with Crippen molar-refractivity contribution in [3.05, 3.63) is 54.6 Å². The molecule has 0 bridgehead atoms. The van der Waals surface area contributed by atoms with Crippen LogP contribution >= 0.6 is 50.5 Å². The van der Waals surface area contributed by atoms with Gasteiger partial charge in [0.05, 0.1) is 0 Å². The third-order valence-corrected chi connectivity index (χ3v) is 5.51. The van der Waals surface area contributed by atoms with Gasteiger partial charge in [-0.3, -0.25) is 0 Å². The first-order chi connectivity index (χ1) is 8.60. The van der Waals surface area contributed by atoms with Crippen molar-refractivity contribution in [2.75, 3.05) is 7.05 Å². The van der Waals surface area contributed by atoms with Gasteiger partial charge in [-0.2, -0.15) is 0 Å². The Hall–Kier alpha value is -0.0600. The summed E-state index contributed by atoms with van der Waals surface area (Å²) in [6, 6.07) is 10.3. The molecule has 2 aromatic rings. The fourth-order valence-electron chi connectivity index (χ4n) is 1.78. The van der Waals surface area contributed by atoms with Gasteiger partial charge in [0.1, 0.15) is 4.34 Å². The zero-order valence-electron chi connectivity index (χ0n) is 9.71. The highest BCUT2D eigenvalue weighted by molar-refractivity contribution is 9.10. The second-order valence-electron chi connectivity index (χ2n) is 3.95. The zero-order chi connectivity index (χ0) is 13.1. The average Bonchev–Trinajstić information content (AvgIpc) is 2.66. The third-order valence-electron chi connectivity index (χ3n) is 2.68. The van der Waals surface area contributed by atoms with Gasteiger partial charge in [-0.15, -0.1) is 11.3 Å². The molecule has 0 aliphatic carbocycles. The second-order valence-corrected chi connectivity index (χ2v) is 6.92. The number of rotatable bonds is 4. The minimum absolute atomic E-state index is 0.247. The topological polar surface area (TPSA) is 12.0 Å². The molecular formula is C13H12BrCl2NS. The normalized spacial score (nSPS) is 12.7. The molecule has 1 aromatic carbocycles. The Morgan fingerprint density at radius 2 is 2.11 bits per heavy atom. The fourth-order valence-corrected chi connectivity index (χ4v) is 3.84. The van der Waals surface area contributed by atoms with E-state index in [2.05, 4.69) is 33.4 Å². The van der Waals surface area contributed by atoms with Crippen LogP contribution in [0.5, 0.6) is 0 Å². The van der Waals surface area contributed by atoms with E-state index in [1.807, 2.05) is 25.2 Å². The van der Waals surface area contributed by atoms with Crippen LogP contribution in [0.15, 0.2) is 34.8 Å². The standard InChI is InChI=1S/C13H12BrCl2NS/c1-17-11(12-7-10(14)13(16)18-12)6-8-3-2-4-9(15)5-8/h2-5,7,11,17H,6H2,1H3. The first-order valence-corrected chi connectivity index (χ1v) is 7.83. The van der Waals surface area contributed by atoms with E-state index in [0.29, 0.717) is 0 Å². The van der Waals surface area contributed by atoms with Gasteiger partial charge in [0.15, 0.2) is 0 Å². The number of likely N-dealkylation sites (N-methyl/N-ethyl adjacent to an activating group) is 1. The molecule has 0 saturated heterocycles. The molecule has 0 radical (unpaired) electrons. The lowest BCUT2D eigenvalue weighted by molar-refractivity contribution is 0.602. The van der Waals surface area contributed by atoms with Crippen LogP contribution in [0.1, 0.15) is 16.5 Å². The number of halogens is 3. The summed E-state index contributed by atoms with van der Waals surface area (Å²) in [7, 11) is 1.96. The maximum absolute atomic E-state index is 6.08. The van der Waals surface area contributed by atoms with Crippen molar-refractivity contribution < 1.29 is 0 Å². The summed E-state index contributed by atoms with van der Waals surface area (Å²) in [4.78, 5) is 1.22. The van der Waals surface area contributed by atoms with Gasteiger partial charge in [0, 0.05) is 20.4 Å². The number of nitrogens with one attached hydrogen (secondary N) is 1. The predicted molar refractivity (Wildman–Crippen MR) is 84.0 cm³/mol. The molecule has 1 unspecified atom stereocenters. The highest BCUT2D eigenvalue weighted by Crippen LogP contribution is 2.36. The van der Waals surface area contributed by atoms with E-state index in [9.17, 15) is 0 Å². The molecule has 0 aliphatic rings. The first kappa shape index (κ1) is 14.4. The minimum Gasteiger partial charge on any atom is -0.312 e. The zero-order valence-corrected chi connectivity index (χ0v) is 13.6. The first-order valence-electron chi connectivity index (χ1n) is 5.46. The van der Waals surface area contributed by atoms with Gasteiger partial charge in [-0.25, -0.2) is 0 Å². The van der Waals surface area contributed by atoms with E-state index < -0.39 is 0 Å². The van der Waals surface area contributed by atoms with Crippen molar-refractivity contribution in [3.63, 3.8) is 0 Å². The smallest absolute Gasteiger partial charge is 0.107 e. The maximum atomic E-state index is 6.08. The fraction of sp³-hybridized carbons (Fsp3) is 0.231. The molecule has 18 heavy (non-hydrogen) atoms. The molecule has 0 saturated carbocycles. The Bertz CT molecular complexity index is 522. The van der Waals surface area contributed by atoms with Crippen molar-refractivity contribution in [1.29, 1.82) is 0 Å². The molecule has 1 aromatic heterocycles. The second kappa shape index (κ2) is 6.40. The molecule has 1 heterocycles. The summed E-state index contributed by atoms with van der Waals surface area (Å²) in [6.45, 7) is 0. The van der Waals surface area contributed by atoms with Crippen molar-refractivity contribution in [3.8, 4) is 0 Å². The molecule has 5 heteroatoms. The summed E-state index contributed by atoms with van der Waals surface area (Å²) in [5, 5.41) is 4.09. The Labute approximate surface area is 129 Å². The van der Waals surface area contributed by atoms with E-state index in [-0.39, 0.29) is 6.04 Å². The van der Waals surface area contributed by atoms with Crippen LogP contribution in [0.2, 0.25) is 9.36 Å². The molecular weight excluding hydrogens is 353 g/mol. The van der Waals surface area contributed by atoms with E-state index in [1.54, 1.807) is 11.3 Å². The molecule has 0 aliphatic heterocycles. The molecule has 1 N–H and O–H groups in total. The Kier molecular flexibility index (Phi) is 5.10. The van der Waals surface area contributed by atoms with Crippen LogP contribution in [0, 0.1) is 0 Å². The van der Waals surface area contributed by atoms with Crippen molar-refractivity contribution >= 4 is 50.5 Å². The summed E-state index contributed by atoms with van der Waals surface area (Å²) in [5.41, 5.74) is 1.21. The van der Waals surface area contributed by atoms with Gasteiger partial charge in [0.2, 0.25) is 0 Å². The lowest BCUT2D eigenvalue weighted by Gasteiger charge is -2.14. The molecule has 1 atom stereocenters. The Morgan fingerprint density at radius 1 is 1.33 bits per heavy atom. The predicted octanol–water partition coefficient (Wildman–Crippen LogP) is 5.32. The SMILES string of the molecule is CNC(Cc1cccc(Cl)c1)c1cc(Br)c(Cl)s1. The monoisotopic (exact) mass is 363 g/mol. The Balaban J connectivity index is 2.19. The van der Waals surface area contributed by atoms with E-state index in [1.165, 1.54) is 10.4 Å². The van der Waals surface area contributed by atoms with Crippen molar-refractivity contribution in [1.82, 2.24) is 5.32 Å². The molecule has 2 rings (SSSR count). The van der Waals surface area contributed by atoms with E-state index in [0.717, 1.165) is 20.3 Å². The number of thiophene rings is 1. The number of benzene rings is 1. The number of hydrogen-bond donors (Lipinski definition) is 1. The summed E-state index contributed by atoms with van der Waals surface area (Å²) < 4.78 is 1.74. The van der Waals surface area contributed by atoms with Crippen molar-refractivity contribution in [2.24, 2.45) is 0 Å². The van der Waals surface area contributed by atoms with Crippen LogP contribution in [0.25, 0.3) is 0 Å². The molecule has 0 spiro atoms. The van der Waals surface area contributed by atoms with Crippen LogP contribution in [0.4, 0.5) is 0 Å². The quantitative estimate of drug-likeness (QED) is 0.773. The maximum Gasteiger partial charge on any atom is 0.107 e. The average molecular weight is 365 g/mol. The third kappa shape index (κ3) is 3.49. The van der Waals surface area contributed by atoms with Crippen LogP contribution in [-0.4, -0.2) is 7.05 Å². The molecule has 1 nitrogen and oxygen atoms in total. The lowest BCUT2D eigenvalue weighted by Crippen LogP contribution is -2.17. The summed E-state index contributed by atoms with van der Waals surface area (Å²) in [5.74, 6) is 0. The van der Waals surface area contributed by atoms with Crippen LogP contribution in [0.3, 0.4) is 0 Å². The summed E-state index contributed by atoms with van der Waals surface area (Å²) >= 11 is 17.1. The summed E-state index contributed by atoms with van der Waals surface area (Å²) in [6.07, 6.45) is 0.889. The largest absolute Gasteiger partial charge is 0.312 e. The minimum atomic E-state index is 0.247. The van der Waals surface area contributed by atoms with Gasteiger partial charge in [-0.05, 0) is 53.2 Å². The highest BCUT2D eigenvalue weighted by Gasteiger charge is 2.15. The lowest BCUT2D eigenvalue weighted by atomic mass is 10.1. The van der Waals surface area contributed by atoms with Gasteiger partial charge < -0.3 is 5.32 Å². The van der Waals surface area contributed by atoms with Gasteiger partial charge in [-0.1, -0.05) is 35.3 Å². The van der Waals surface area contributed by atoms with Gasteiger partial charge >= 0.3 is 0 Å². The molecule has 96 valence electrons. The van der Waals surface area contributed by atoms with Gasteiger partial charge in [0.25, 0.3) is 0 Å². The molecule has 0 fully saturated rings.